The van der Waals surface area contributed by atoms with Gasteiger partial charge in [-0.2, -0.15) is 0 Å². The predicted octanol–water partition coefficient (Wildman–Crippen LogP) is 3.77. The van der Waals surface area contributed by atoms with Gasteiger partial charge in [0.2, 0.25) is 11.3 Å². The molecule has 1 aromatic heterocycles. The molecule has 2 aliphatic carbocycles. The van der Waals surface area contributed by atoms with Gasteiger partial charge in [-0.15, -0.1) is 0 Å². The third-order valence-electron chi connectivity index (χ3n) is 6.74. The molecule has 33 heavy (non-hydrogen) atoms. The first-order valence-electron chi connectivity index (χ1n) is 11.7. The van der Waals surface area contributed by atoms with Crippen LogP contribution in [0.25, 0.3) is 10.9 Å². The van der Waals surface area contributed by atoms with E-state index in [9.17, 15) is 19.5 Å². The Hall–Kier alpha value is -2.94. The number of anilines is 2. The molecule has 1 atom stereocenters. The van der Waals surface area contributed by atoms with Crippen LogP contribution < -0.4 is 16.1 Å². The van der Waals surface area contributed by atoms with E-state index in [0.717, 1.165) is 51.4 Å². The van der Waals surface area contributed by atoms with Crippen LogP contribution in [0.3, 0.4) is 0 Å². The number of nitrogens with zero attached hydrogens (tertiary/aromatic N) is 1. The monoisotopic (exact) mass is 459 g/mol. The van der Waals surface area contributed by atoms with Crippen LogP contribution >= 0.6 is 0 Å². The summed E-state index contributed by atoms with van der Waals surface area (Å²) in [4.78, 5) is 36.2. The van der Waals surface area contributed by atoms with Crippen LogP contribution in [0.15, 0.2) is 23.1 Å². The molecule has 4 N–H and O–H groups in total. The van der Waals surface area contributed by atoms with Crippen molar-refractivity contribution < 1.29 is 24.2 Å². The highest BCUT2D eigenvalue weighted by Gasteiger charge is 2.24. The molecular weight excluding hydrogens is 429 g/mol. The maximum absolute atomic E-state index is 15.0. The summed E-state index contributed by atoms with van der Waals surface area (Å²) in [6, 6.07) is 3.23. The average Bonchev–Trinajstić information content (AvgIpc) is 3.32. The molecular formula is C24H30FN3O5. The molecule has 1 amide bonds. The SMILES string of the molecule is O=C(C[C@@H](O)C(=O)O)Nc1cn(C2CCCC2)c2cc(NC3CCCCC3)c(F)cc2c1=O. The van der Waals surface area contributed by atoms with Crippen molar-refractivity contribution in [3.63, 3.8) is 0 Å². The number of aromatic nitrogens is 1. The van der Waals surface area contributed by atoms with Gasteiger partial charge >= 0.3 is 5.97 Å². The standard InChI is InChI=1S/C24H30FN3O5/c25-17-10-16-20(11-18(17)26-14-6-2-1-3-7-14)28(15-8-4-5-9-15)13-19(23(16)31)27-22(30)12-21(29)24(32)33/h10-11,13-15,21,26,29H,1-9,12H2,(H,27,30)(H,32,33)/t21-/m1/s1. The first kappa shape index (κ1) is 23.2. The molecule has 2 aromatic rings. The molecule has 0 aliphatic heterocycles. The molecule has 0 radical (unpaired) electrons. The Morgan fingerprint density at radius 2 is 1.73 bits per heavy atom. The van der Waals surface area contributed by atoms with Gasteiger partial charge in [-0.3, -0.25) is 9.59 Å². The molecule has 0 bridgehead atoms. The van der Waals surface area contributed by atoms with Crippen molar-refractivity contribution in [1.29, 1.82) is 0 Å². The number of aliphatic hydroxyl groups is 1. The van der Waals surface area contributed by atoms with Crippen LogP contribution in [0.5, 0.6) is 0 Å². The van der Waals surface area contributed by atoms with Gasteiger partial charge in [0.25, 0.3) is 0 Å². The molecule has 1 aromatic carbocycles. The molecule has 178 valence electrons. The number of benzene rings is 1. The zero-order valence-corrected chi connectivity index (χ0v) is 18.5. The van der Waals surface area contributed by atoms with E-state index in [1.807, 2.05) is 4.57 Å². The normalized spacial score (nSPS) is 18.4. The van der Waals surface area contributed by atoms with Gasteiger partial charge in [-0.1, -0.05) is 32.1 Å². The zero-order valence-electron chi connectivity index (χ0n) is 18.5. The molecule has 1 heterocycles. The number of rotatable bonds is 7. The summed E-state index contributed by atoms with van der Waals surface area (Å²) in [6.45, 7) is 0. The molecule has 9 heteroatoms. The highest BCUT2D eigenvalue weighted by Crippen LogP contribution is 2.34. The van der Waals surface area contributed by atoms with Gasteiger partial charge in [0.05, 0.1) is 23.0 Å². The van der Waals surface area contributed by atoms with Crippen molar-refractivity contribution in [3.8, 4) is 0 Å². The molecule has 8 nitrogen and oxygen atoms in total. The topological polar surface area (TPSA) is 121 Å². The Balaban J connectivity index is 1.72. The number of carbonyl (C=O) groups is 2. The van der Waals surface area contributed by atoms with Crippen molar-refractivity contribution in [2.24, 2.45) is 0 Å². The van der Waals surface area contributed by atoms with Crippen molar-refractivity contribution in [2.45, 2.75) is 82.4 Å². The number of amides is 1. The zero-order chi connectivity index (χ0) is 23.5. The van der Waals surface area contributed by atoms with E-state index in [1.165, 1.54) is 12.5 Å². The Morgan fingerprint density at radius 3 is 2.39 bits per heavy atom. The van der Waals surface area contributed by atoms with Crippen molar-refractivity contribution in [2.75, 3.05) is 10.6 Å². The van der Waals surface area contributed by atoms with Crippen LogP contribution in [-0.2, 0) is 9.59 Å². The maximum atomic E-state index is 15.0. The van der Waals surface area contributed by atoms with Gasteiger partial charge in [-0.25, -0.2) is 9.18 Å². The van der Waals surface area contributed by atoms with Crippen LogP contribution in [0.4, 0.5) is 15.8 Å². The number of aliphatic hydroxyl groups excluding tert-OH is 1. The number of hydrogen-bond donors (Lipinski definition) is 4. The smallest absolute Gasteiger partial charge is 0.333 e. The lowest BCUT2D eigenvalue weighted by Gasteiger charge is -2.25. The molecule has 4 rings (SSSR count). The molecule has 0 unspecified atom stereocenters. The Kier molecular flexibility index (Phi) is 6.97. The van der Waals surface area contributed by atoms with E-state index in [-0.39, 0.29) is 23.2 Å². The quantitative estimate of drug-likeness (QED) is 0.500. The second-order valence-electron chi connectivity index (χ2n) is 9.15. The largest absolute Gasteiger partial charge is 0.479 e. The number of pyridine rings is 1. The average molecular weight is 460 g/mol. The van der Waals surface area contributed by atoms with Crippen molar-refractivity contribution in [1.82, 2.24) is 4.57 Å². The highest BCUT2D eigenvalue weighted by molar-refractivity contribution is 5.95. The van der Waals surface area contributed by atoms with Gasteiger partial charge in [0, 0.05) is 18.3 Å². The lowest BCUT2D eigenvalue weighted by atomic mass is 9.95. The summed E-state index contributed by atoms with van der Waals surface area (Å²) in [6.07, 6.45) is 8.29. The Bertz CT molecular complexity index is 1100. The van der Waals surface area contributed by atoms with Crippen LogP contribution in [0.2, 0.25) is 0 Å². The molecule has 2 aliphatic rings. The van der Waals surface area contributed by atoms with E-state index in [4.69, 9.17) is 5.11 Å². The molecule has 2 fully saturated rings. The van der Waals surface area contributed by atoms with E-state index < -0.39 is 35.6 Å². The predicted molar refractivity (Wildman–Crippen MR) is 123 cm³/mol. The van der Waals surface area contributed by atoms with E-state index in [1.54, 1.807) is 12.3 Å². The second kappa shape index (κ2) is 9.91. The van der Waals surface area contributed by atoms with Crippen LogP contribution in [-0.4, -0.2) is 38.8 Å². The highest BCUT2D eigenvalue weighted by atomic mass is 19.1. The van der Waals surface area contributed by atoms with Crippen LogP contribution in [0.1, 0.15) is 70.3 Å². The first-order valence-corrected chi connectivity index (χ1v) is 11.7. The fraction of sp³-hybridized carbons (Fsp3) is 0.542. The Morgan fingerprint density at radius 1 is 1.06 bits per heavy atom. The van der Waals surface area contributed by atoms with E-state index in [0.29, 0.717) is 11.2 Å². The fourth-order valence-electron chi connectivity index (χ4n) is 4.98. The lowest BCUT2D eigenvalue weighted by molar-refractivity contribution is -0.148. The summed E-state index contributed by atoms with van der Waals surface area (Å²) in [5.74, 6) is -2.84. The number of carbonyl (C=O) groups excluding carboxylic acids is 1. The summed E-state index contributed by atoms with van der Waals surface area (Å²) >= 11 is 0. The number of fused-ring (bicyclic) bond motifs is 1. The maximum Gasteiger partial charge on any atom is 0.333 e. The third-order valence-corrected chi connectivity index (χ3v) is 6.74. The summed E-state index contributed by atoms with van der Waals surface area (Å²) < 4.78 is 17.0. The number of carboxylic acids is 1. The van der Waals surface area contributed by atoms with Gasteiger partial charge in [0.1, 0.15) is 11.5 Å². The van der Waals surface area contributed by atoms with Gasteiger partial charge < -0.3 is 25.4 Å². The lowest BCUT2D eigenvalue weighted by Crippen LogP contribution is -2.28. The van der Waals surface area contributed by atoms with Crippen molar-refractivity contribution >= 4 is 34.2 Å². The number of carboxylic acid groups (broad SMARTS) is 1. The summed E-state index contributed by atoms with van der Waals surface area (Å²) in [7, 11) is 0. The number of halogens is 1. The fourth-order valence-corrected chi connectivity index (χ4v) is 4.98. The Labute approximate surface area is 190 Å². The van der Waals surface area contributed by atoms with Gasteiger partial charge in [0.15, 0.2) is 6.10 Å². The van der Waals surface area contributed by atoms with E-state index >= 15 is 4.39 Å². The second-order valence-corrected chi connectivity index (χ2v) is 9.15. The number of nitrogens with one attached hydrogen (secondary N) is 2. The molecule has 0 spiro atoms. The third kappa shape index (κ3) is 5.19. The van der Waals surface area contributed by atoms with E-state index in [2.05, 4.69) is 10.6 Å². The molecule has 0 saturated heterocycles. The van der Waals surface area contributed by atoms with Crippen LogP contribution in [0, 0.1) is 5.82 Å². The van der Waals surface area contributed by atoms with Crippen molar-refractivity contribution in [3.05, 3.63) is 34.4 Å². The number of aliphatic carboxylic acids is 1. The summed E-state index contributed by atoms with van der Waals surface area (Å²) in [5, 5.41) is 24.1. The number of hydrogen-bond acceptors (Lipinski definition) is 5. The minimum absolute atomic E-state index is 0.0515. The minimum atomic E-state index is -1.87. The minimum Gasteiger partial charge on any atom is -0.479 e. The van der Waals surface area contributed by atoms with Gasteiger partial charge in [-0.05, 0) is 37.8 Å². The summed E-state index contributed by atoms with van der Waals surface area (Å²) in [5.41, 5.74) is 0.391. The molecule has 2 saturated carbocycles. The first-order chi connectivity index (χ1) is 15.8.